The fraction of sp³-hybridized carbons (Fsp3) is 0.357. The number of fused-ring (bicyclic) bond motifs is 1. The van der Waals surface area contributed by atoms with Crippen molar-refractivity contribution in [1.82, 2.24) is 4.31 Å². The molecule has 1 atom stereocenters. The number of carbonyl (C=O) groups is 1. The van der Waals surface area contributed by atoms with Crippen molar-refractivity contribution in [2.24, 2.45) is 0 Å². The zero-order valence-corrected chi connectivity index (χ0v) is 13.1. The summed E-state index contributed by atoms with van der Waals surface area (Å²) in [5, 5.41) is 10.2. The molecule has 0 saturated carbocycles. The number of aliphatic carboxylic acids is 1. The lowest BCUT2D eigenvalue weighted by atomic mass is 10.0. The Morgan fingerprint density at radius 1 is 1.38 bits per heavy atom. The summed E-state index contributed by atoms with van der Waals surface area (Å²) in [7, 11) is -3.78. The van der Waals surface area contributed by atoms with Crippen molar-refractivity contribution in [2.45, 2.75) is 29.5 Å². The molecule has 1 aromatic carbocycles. The fourth-order valence-corrected chi connectivity index (χ4v) is 6.05. The Hall–Kier alpha value is -1.44. The smallest absolute Gasteiger partial charge is 0.324 e. The van der Waals surface area contributed by atoms with E-state index in [-0.39, 0.29) is 10.8 Å². The van der Waals surface area contributed by atoms with E-state index in [2.05, 4.69) is 0 Å². The molecule has 2 aromatic rings. The lowest BCUT2D eigenvalue weighted by Crippen LogP contribution is -2.50. The second-order valence-electron chi connectivity index (χ2n) is 5.36. The number of sulfonamides is 1. The lowest BCUT2D eigenvalue weighted by Gasteiger charge is -2.29. The highest BCUT2D eigenvalue weighted by Crippen LogP contribution is 2.38. The second kappa shape index (κ2) is 4.79. The van der Waals surface area contributed by atoms with E-state index >= 15 is 0 Å². The molecule has 2 heterocycles. The Morgan fingerprint density at radius 2 is 2.10 bits per heavy atom. The van der Waals surface area contributed by atoms with Gasteiger partial charge in [0.25, 0.3) is 10.0 Å². The minimum absolute atomic E-state index is 0.207. The van der Waals surface area contributed by atoms with E-state index in [9.17, 15) is 18.3 Å². The summed E-state index contributed by atoms with van der Waals surface area (Å²) < 4.78 is 27.8. The molecule has 7 heteroatoms. The Morgan fingerprint density at radius 3 is 2.76 bits per heavy atom. The van der Waals surface area contributed by atoms with Crippen LogP contribution < -0.4 is 0 Å². The van der Waals surface area contributed by atoms with E-state index in [0.29, 0.717) is 12.8 Å². The average molecular weight is 325 g/mol. The van der Waals surface area contributed by atoms with Crippen molar-refractivity contribution < 1.29 is 18.3 Å². The van der Waals surface area contributed by atoms with Crippen molar-refractivity contribution in [3.63, 3.8) is 0 Å². The summed E-state index contributed by atoms with van der Waals surface area (Å²) in [6, 6.07) is 9.04. The molecule has 1 fully saturated rings. The summed E-state index contributed by atoms with van der Waals surface area (Å²) in [6.45, 7) is 1.73. The van der Waals surface area contributed by atoms with E-state index in [4.69, 9.17) is 0 Å². The zero-order chi connectivity index (χ0) is 15.3. The monoisotopic (exact) mass is 325 g/mol. The number of nitrogens with zero attached hydrogens (tertiary/aromatic N) is 1. The van der Waals surface area contributed by atoms with Gasteiger partial charge in [0.2, 0.25) is 0 Å². The maximum Gasteiger partial charge on any atom is 0.324 e. The molecule has 1 aliphatic rings. The molecule has 0 unspecified atom stereocenters. The minimum Gasteiger partial charge on any atom is -0.480 e. The van der Waals surface area contributed by atoms with Gasteiger partial charge in [0.05, 0.1) is 0 Å². The fourth-order valence-electron chi connectivity index (χ4n) is 2.73. The molecule has 5 nitrogen and oxygen atoms in total. The van der Waals surface area contributed by atoms with Crippen molar-refractivity contribution >= 4 is 37.4 Å². The second-order valence-corrected chi connectivity index (χ2v) is 8.54. The van der Waals surface area contributed by atoms with Crippen LogP contribution in [0, 0.1) is 0 Å². The maximum atomic E-state index is 12.8. The summed E-state index contributed by atoms with van der Waals surface area (Å²) in [5.74, 6) is -1.09. The molecule has 0 aliphatic carbocycles. The van der Waals surface area contributed by atoms with Gasteiger partial charge in [-0.05, 0) is 37.3 Å². The van der Waals surface area contributed by atoms with E-state index in [1.165, 1.54) is 18.3 Å². The Bertz CT molecular complexity index is 778. The molecular weight excluding hydrogens is 310 g/mol. The third-order valence-electron chi connectivity index (χ3n) is 3.98. The highest BCUT2D eigenvalue weighted by Gasteiger charge is 2.50. The van der Waals surface area contributed by atoms with Crippen LogP contribution in [-0.2, 0) is 14.8 Å². The molecule has 3 rings (SSSR count). The van der Waals surface area contributed by atoms with Gasteiger partial charge in [-0.15, -0.1) is 11.3 Å². The minimum atomic E-state index is -3.78. The van der Waals surface area contributed by atoms with Crippen molar-refractivity contribution in [3.05, 3.63) is 30.3 Å². The van der Waals surface area contributed by atoms with Crippen LogP contribution in [0.5, 0.6) is 0 Å². The van der Waals surface area contributed by atoms with Crippen molar-refractivity contribution in [2.75, 3.05) is 6.54 Å². The van der Waals surface area contributed by atoms with Crippen LogP contribution in [0.1, 0.15) is 19.8 Å². The summed E-state index contributed by atoms with van der Waals surface area (Å²) in [5.41, 5.74) is -1.35. The van der Waals surface area contributed by atoms with Gasteiger partial charge in [-0.2, -0.15) is 4.31 Å². The first-order valence-electron chi connectivity index (χ1n) is 6.60. The van der Waals surface area contributed by atoms with Gasteiger partial charge in [-0.3, -0.25) is 4.79 Å². The molecule has 1 aliphatic heterocycles. The van der Waals surface area contributed by atoms with Crippen LogP contribution in [-0.4, -0.2) is 35.9 Å². The van der Waals surface area contributed by atoms with E-state index < -0.39 is 21.5 Å². The topological polar surface area (TPSA) is 74.7 Å². The number of hydrogen-bond donors (Lipinski definition) is 1. The van der Waals surface area contributed by atoms with Gasteiger partial charge >= 0.3 is 5.97 Å². The van der Waals surface area contributed by atoms with Crippen LogP contribution in [0.3, 0.4) is 0 Å². The predicted molar refractivity (Wildman–Crippen MR) is 81.0 cm³/mol. The molecule has 0 radical (unpaired) electrons. The first-order chi connectivity index (χ1) is 9.85. The SMILES string of the molecule is C[C@@]1(C(=O)O)CCCN1S(=O)(=O)c1cc2ccccc2s1. The van der Waals surface area contributed by atoms with Crippen LogP contribution in [0.15, 0.2) is 34.5 Å². The summed E-state index contributed by atoms with van der Waals surface area (Å²) >= 11 is 1.18. The van der Waals surface area contributed by atoms with Crippen LogP contribution in [0.2, 0.25) is 0 Å². The molecule has 112 valence electrons. The largest absolute Gasteiger partial charge is 0.480 e. The number of hydrogen-bond acceptors (Lipinski definition) is 4. The van der Waals surface area contributed by atoms with Crippen molar-refractivity contribution in [1.29, 1.82) is 0 Å². The molecule has 1 aromatic heterocycles. The number of thiophene rings is 1. The predicted octanol–water partition coefficient (Wildman–Crippen LogP) is 2.53. The molecule has 21 heavy (non-hydrogen) atoms. The average Bonchev–Trinajstić information content (AvgIpc) is 3.03. The van der Waals surface area contributed by atoms with Crippen molar-refractivity contribution in [3.8, 4) is 0 Å². The quantitative estimate of drug-likeness (QED) is 0.941. The number of rotatable bonds is 3. The van der Waals surface area contributed by atoms with E-state index in [1.807, 2.05) is 24.3 Å². The van der Waals surface area contributed by atoms with Gasteiger partial charge in [-0.25, -0.2) is 8.42 Å². The summed E-state index contributed by atoms with van der Waals surface area (Å²) in [6.07, 6.45) is 0.902. The Labute approximate surface area is 126 Å². The number of benzene rings is 1. The third kappa shape index (κ3) is 2.16. The maximum absolute atomic E-state index is 12.8. The first-order valence-corrected chi connectivity index (χ1v) is 8.86. The van der Waals surface area contributed by atoms with Gasteiger partial charge < -0.3 is 5.11 Å². The van der Waals surface area contributed by atoms with Gasteiger partial charge in [0.1, 0.15) is 9.75 Å². The zero-order valence-electron chi connectivity index (χ0n) is 11.4. The normalized spacial score (nSPS) is 23.7. The van der Waals surface area contributed by atoms with Crippen LogP contribution in [0.4, 0.5) is 0 Å². The Balaban J connectivity index is 2.10. The first kappa shape index (κ1) is 14.5. The standard InChI is InChI=1S/C14H15NO4S2/c1-14(13(16)17)7-4-8-15(14)21(18,19)12-9-10-5-2-3-6-11(10)20-12/h2-3,5-6,9H,4,7-8H2,1H3,(H,16,17)/t14-/m0/s1. The van der Waals surface area contributed by atoms with Crippen LogP contribution in [0.25, 0.3) is 10.1 Å². The molecule has 1 saturated heterocycles. The number of carboxylic acids is 1. The van der Waals surface area contributed by atoms with E-state index in [0.717, 1.165) is 14.4 Å². The van der Waals surface area contributed by atoms with Gasteiger partial charge in [0, 0.05) is 11.2 Å². The highest BCUT2D eigenvalue weighted by molar-refractivity contribution is 7.91. The molecule has 0 amide bonds. The highest BCUT2D eigenvalue weighted by atomic mass is 32.2. The lowest BCUT2D eigenvalue weighted by molar-refractivity contribution is -0.146. The summed E-state index contributed by atoms with van der Waals surface area (Å²) in [4.78, 5) is 11.5. The van der Waals surface area contributed by atoms with Crippen LogP contribution >= 0.6 is 11.3 Å². The third-order valence-corrected chi connectivity index (χ3v) is 7.57. The molecule has 0 bridgehead atoms. The Kier molecular flexibility index (Phi) is 3.31. The molecule has 0 spiro atoms. The number of carboxylic acid groups (broad SMARTS) is 1. The van der Waals surface area contributed by atoms with Gasteiger partial charge in [0.15, 0.2) is 0 Å². The van der Waals surface area contributed by atoms with Gasteiger partial charge in [-0.1, -0.05) is 18.2 Å². The molecule has 1 N–H and O–H groups in total. The van der Waals surface area contributed by atoms with E-state index in [1.54, 1.807) is 6.07 Å². The molecular formula is C14H15NO4S2.